The summed E-state index contributed by atoms with van der Waals surface area (Å²) < 4.78 is 10.6. The number of carboxylic acids is 1. The van der Waals surface area contributed by atoms with Crippen LogP contribution in [0.3, 0.4) is 0 Å². The number of hydrogen-bond acceptors (Lipinski definition) is 7. The lowest BCUT2D eigenvalue weighted by atomic mass is 10.0. The van der Waals surface area contributed by atoms with Crippen LogP contribution in [0.2, 0.25) is 0 Å². The third-order valence-electron chi connectivity index (χ3n) is 5.05. The molecule has 3 rings (SSSR count). The van der Waals surface area contributed by atoms with Gasteiger partial charge in [0.2, 0.25) is 0 Å². The zero-order valence-electron chi connectivity index (χ0n) is 17.9. The highest BCUT2D eigenvalue weighted by atomic mass is 32.1. The summed E-state index contributed by atoms with van der Waals surface area (Å²) in [5.41, 5.74) is 2.79. The Kier molecular flexibility index (Phi) is 6.59. The van der Waals surface area contributed by atoms with E-state index in [2.05, 4.69) is 5.32 Å². The van der Waals surface area contributed by atoms with Crippen LogP contribution in [0.5, 0.6) is 11.5 Å². The highest BCUT2D eigenvalue weighted by Crippen LogP contribution is 2.31. The Morgan fingerprint density at radius 3 is 2.56 bits per heavy atom. The number of aryl methyl sites for hydroxylation is 1. The van der Waals surface area contributed by atoms with Crippen LogP contribution in [-0.2, 0) is 14.4 Å². The summed E-state index contributed by atoms with van der Waals surface area (Å²) in [6, 6.07) is 10.1. The summed E-state index contributed by atoms with van der Waals surface area (Å²) >= 11 is 5.26. The number of nitrogens with one attached hydrogen (secondary N) is 1. The number of carbonyl (C=O) groups is 3. The summed E-state index contributed by atoms with van der Waals surface area (Å²) in [4.78, 5) is 38.0. The van der Waals surface area contributed by atoms with Crippen molar-refractivity contribution in [2.75, 3.05) is 12.0 Å². The van der Waals surface area contributed by atoms with E-state index in [1.165, 1.54) is 37.1 Å². The molecule has 0 saturated carbocycles. The van der Waals surface area contributed by atoms with Crippen molar-refractivity contribution in [3.8, 4) is 11.5 Å². The molecule has 0 aromatic heterocycles. The van der Waals surface area contributed by atoms with E-state index >= 15 is 0 Å². The second-order valence-electron chi connectivity index (χ2n) is 7.17. The summed E-state index contributed by atoms with van der Waals surface area (Å²) in [5, 5.41) is 13.5. The zero-order chi connectivity index (χ0) is 23.6. The summed E-state index contributed by atoms with van der Waals surface area (Å²) in [5.74, 6) is -2.13. The first-order valence-electron chi connectivity index (χ1n) is 9.67. The van der Waals surface area contributed by atoms with Crippen LogP contribution < -0.4 is 24.8 Å². The molecule has 0 aliphatic carbocycles. The lowest BCUT2D eigenvalue weighted by molar-refractivity contribution is -0.312. The van der Waals surface area contributed by atoms with Crippen LogP contribution in [0.15, 0.2) is 42.0 Å². The molecule has 1 aliphatic rings. The van der Waals surface area contributed by atoms with Gasteiger partial charge >= 0.3 is 0 Å². The van der Waals surface area contributed by atoms with Crippen molar-refractivity contribution in [1.29, 1.82) is 0 Å². The van der Waals surface area contributed by atoms with Crippen molar-refractivity contribution in [1.82, 2.24) is 5.32 Å². The fraction of sp³-hybridized carbons (Fsp3) is 0.217. The molecule has 0 bridgehead atoms. The Bertz CT molecular complexity index is 1160. The first-order chi connectivity index (χ1) is 15.1. The third-order valence-corrected chi connectivity index (χ3v) is 5.34. The summed E-state index contributed by atoms with van der Waals surface area (Å²) in [6.45, 7) is 5.13. The molecule has 1 fully saturated rings. The number of ether oxygens (including phenoxy) is 2. The SMILES string of the molecule is COc1cc(/C=C2\C(=O)NC(=S)N(c3cccc(C)c3C)C2=O)ccc1O[C@H](C)C(=O)[O-]. The number of amides is 2. The maximum atomic E-state index is 13.2. The van der Waals surface area contributed by atoms with Gasteiger partial charge in [0.15, 0.2) is 16.6 Å². The maximum Gasteiger partial charge on any atom is 0.270 e. The number of carboxylic acid groups (broad SMARTS) is 1. The molecule has 2 aromatic rings. The molecule has 0 spiro atoms. The van der Waals surface area contributed by atoms with E-state index in [1.54, 1.807) is 12.1 Å². The molecule has 1 N–H and O–H groups in total. The molecule has 1 aliphatic heterocycles. The van der Waals surface area contributed by atoms with Crippen LogP contribution in [-0.4, -0.2) is 36.1 Å². The Morgan fingerprint density at radius 1 is 1.19 bits per heavy atom. The fourth-order valence-electron chi connectivity index (χ4n) is 3.13. The van der Waals surface area contributed by atoms with Gasteiger partial charge in [-0.15, -0.1) is 0 Å². The van der Waals surface area contributed by atoms with E-state index in [1.807, 2.05) is 26.0 Å². The molecule has 2 amide bonds. The molecule has 32 heavy (non-hydrogen) atoms. The minimum Gasteiger partial charge on any atom is -0.546 e. The number of benzene rings is 2. The van der Waals surface area contributed by atoms with Gasteiger partial charge in [0.05, 0.1) is 18.8 Å². The second-order valence-corrected chi connectivity index (χ2v) is 7.55. The number of thiocarbonyl (C=S) groups is 1. The molecule has 2 aromatic carbocycles. The van der Waals surface area contributed by atoms with Crippen molar-refractivity contribution < 1.29 is 29.0 Å². The van der Waals surface area contributed by atoms with Gasteiger partial charge in [0.25, 0.3) is 11.8 Å². The van der Waals surface area contributed by atoms with Gasteiger partial charge in [-0.25, -0.2) is 0 Å². The van der Waals surface area contributed by atoms with Crippen molar-refractivity contribution in [3.63, 3.8) is 0 Å². The van der Waals surface area contributed by atoms with Crippen LogP contribution >= 0.6 is 12.2 Å². The maximum absolute atomic E-state index is 13.2. The number of anilines is 1. The Balaban J connectivity index is 1.99. The Morgan fingerprint density at radius 2 is 1.91 bits per heavy atom. The minimum absolute atomic E-state index is 0.00319. The predicted octanol–water partition coefficient (Wildman–Crippen LogP) is 1.66. The number of nitrogens with zero attached hydrogens (tertiary/aromatic N) is 1. The van der Waals surface area contributed by atoms with Gasteiger partial charge in [-0.3, -0.25) is 19.8 Å². The predicted molar refractivity (Wildman–Crippen MR) is 120 cm³/mol. The highest BCUT2D eigenvalue weighted by Gasteiger charge is 2.35. The smallest absolute Gasteiger partial charge is 0.270 e. The van der Waals surface area contributed by atoms with E-state index in [9.17, 15) is 19.5 Å². The molecule has 166 valence electrons. The molecule has 1 saturated heterocycles. The van der Waals surface area contributed by atoms with Crippen molar-refractivity contribution in [2.45, 2.75) is 26.9 Å². The van der Waals surface area contributed by atoms with Gasteiger partial charge < -0.3 is 19.4 Å². The number of rotatable bonds is 6. The second kappa shape index (κ2) is 9.19. The van der Waals surface area contributed by atoms with Gasteiger partial charge in [-0.2, -0.15) is 0 Å². The van der Waals surface area contributed by atoms with Gasteiger partial charge in [0.1, 0.15) is 11.7 Å². The topological polar surface area (TPSA) is 108 Å². The quantitative estimate of drug-likeness (QED) is 0.403. The fourth-order valence-corrected chi connectivity index (χ4v) is 3.40. The van der Waals surface area contributed by atoms with Crippen LogP contribution in [0.1, 0.15) is 23.6 Å². The van der Waals surface area contributed by atoms with Crippen molar-refractivity contribution in [3.05, 3.63) is 58.7 Å². The average molecular weight is 453 g/mol. The molecular weight excluding hydrogens is 432 g/mol. The first-order valence-corrected chi connectivity index (χ1v) is 10.1. The average Bonchev–Trinajstić information content (AvgIpc) is 2.74. The molecule has 8 nitrogen and oxygen atoms in total. The van der Waals surface area contributed by atoms with E-state index in [0.717, 1.165) is 11.1 Å². The monoisotopic (exact) mass is 453 g/mol. The largest absolute Gasteiger partial charge is 0.546 e. The molecule has 1 atom stereocenters. The van der Waals surface area contributed by atoms with Gasteiger partial charge in [0, 0.05) is 0 Å². The normalized spacial score (nSPS) is 16.1. The molecule has 1 heterocycles. The zero-order valence-corrected chi connectivity index (χ0v) is 18.7. The first kappa shape index (κ1) is 23.0. The number of aliphatic carboxylic acids is 1. The lowest BCUT2D eigenvalue weighted by Crippen LogP contribution is -2.54. The van der Waals surface area contributed by atoms with E-state index in [-0.39, 0.29) is 22.2 Å². The van der Waals surface area contributed by atoms with E-state index in [0.29, 0.717) is 11.3 Å². The third kappa shape index (κ3) is 4.47. The van der Waals surface area contributed by atoms with E-state index < -0.39 is 23.9 Å². The summed E-state index contributed by atoms with van der Waals surface area (Å²) in [7, 11) is 1.39. The van der Waals surface area contributed by atoms with Crippen molar-refractivity contribution >= 4 is 46.9 Å². The Labute approximate surface area is 190 Å². The minimum atomic E-state index is -1.37. The van der Waals surface area contributed by atoms with Crippen molar-refractivity contribution in [2.24, 2.45) is 0 Å². The molecule has 9 heteroatoms. The Hall–Kier alpha value is -3.72. The standard InChI is InChI=1S/C23H22N2O6S/c1-12-6-5-7-17(13(12)2)25-21(27)16(20(26)24-23(25)32)10-15-8-9-18(19(11-15)30-4)31-14(3)22(28)29/h5-11,14H,1-4H3,(H,28,29)(H,24,26,32)/p-1/b16-10+/t14-/m1/s1. The van der Waals surface area contributed by atoms with Crippen LogP contribution in [0.25, 0.3) is 6.08 Å². The highest BCUT2D eigenvalue weighted by molar-refractivity contribution is 7.80. The van der Waals surface area contributed by atoms with Gasteiger partial charge in [-0.05, 0) is 74.0 Å². The van der Waals surface area contributed by atoms with Crippen LogP contribution in [0, 0.1) is 13.8 Å². The van der Waals surface area contributed by atoms with Crippen LogP contribution in [0.4, 0.5) is 5.69 Å². The number of hydrogen-bond donors (Lipinski definition) is 1. The molecular formula is C23H21N2O6S-. The lowest BCUT2D eigenvalue weighted by Gasteiger charge is -2.30. The summed E-state index contributed by atoms with van der Waals surface area (Å²) in [6.07, 6.45) is 0.220. The number of carbonyl (C=O) groups excluding carboxylic acids is 3. The molecule has 0 unspecified atom stereocenters. The van der Waals surface area contributed by atoms with Gasteiger partial charge in [-0.1, -0.05) is 18.2 Å². The number of methoxy groups -OCH3 is 1. The molecule has 0 radical (unpaired) electrons. The van der Waals surface area contributed by atoms with E-state index in [4.69, 9.17) is 21.7 Å².